The van der Waals surface area contributed by atoms with Crippen LogP contribution < -0.4 is 0 Å². The van der Waals surface area contributed by atoms with Gasteiger partial charge in [0.2, 0.25) is 0 Å². The summed E-state index contributed by atoms with van der Waals surface area (Å²) in [5.74, 6) is 1.64. The fraction of sp³-hybridized carbons (Fsp3) is 0.833. The lowest BCUT2D eigenvalue weighted by Gasteiger charge is -2.25. The van der Waals surface area contributed by atoms with Gasteiger partial charge < -0.3 is 4.79 Å². The van der Waals surface area contributed by atoms with Crippen LogP contribution in [0.15, 0.2) is 0 Å². The Morgan fingerprint density at radius 2 is 2.40 bits per heavy atom. The van der Waals surface area contributed by atoms with Crippen molar-refractivity contribution in [1.29, 1.82) is 0 Å². The van der Waals surface area contributed by atoms with Gasteiger partial charge in [0.1, 0.15) is 10.4 Å². The van der Waals surface area contributed by atoms with Crippen LogP contribution in [0.5, 0.6) is 0 Å². The summed E-state index contributed by atoms with van der Waals surface area (Å²) >= 11 is 1.51. The molecule has 0 radical (unpaired) electrons. The molecule has 0 aromatic rings. The van der Waals surface area contributed by atoms with Gasteiger partial charge in [-0.15, -0.1) is 11.8 Å². The topological polar surface area (TPSA) is 34.1 Å². The Hall–Kier alpha value is 0.170. The molecule has 1 fully saturated rings. The molecular formula is C6H10O2S2. The molecule has 0 N–H and O–H groups in total. The van der Waals surface area contributed by atoms with Gasteiger partial charge >= 0.3 is 0 Å². The van der Waals surface area contributed by atoms with E-state index in [9.17, 15) is 9.00 Å². The van der Waals surface area contributed by atoms with E-state index in [4.69, 9.17) is 0 Å². The highest BCUT2D eigenvalue weighted by Gasteiger charge is 2.34. The predicted octanol–water partition coefficient (Wildman–Crippen LogP) is 0.787. The van der Waals surface area contributed by atoms with Crippen LogP contribution in [-0.2, 0) is 15.6 Å². The van der Waals surface area contributed by atoms with E-state index in [0.717, 1.165) is 18.5 Å². The standard InChI is InChI=1S/C6H10O2S2/c1-6(5-7)9-3-2-4-10(6)8/h5H,2-4H2,1H3/t6-,10?/m1/s1. The zero-order chi connectivity index (χ0) is 7.61. The van der Waals surface area contributed by atoms with Crippen molar-refractivity contribution in [3.63, 3.8) is 0 Å². The Morgan fingerprint density at radius 3 is 2.80 bits per heavy atom. The second kappa shape index (κ2) is 3.05. The molecule has 1 aliphatic rings. The summed E-state index contributed by atoms with van der Waals surface area (Å²) < 4.78 is 10.6. The highest BCUT2D eigenvalue weighted by Crippen LogP contribution is 2.31. The molecule has 1 aliphatic heterocycles. The quantitative estimate of drug-likeness (QED) is 0.557. The Labute approximate surface area is 67.2 Å². The van der Waals surface area contributed by atoms with Crippen LogP contribution in [0, 0.1) is 0 Å². The largest absolute Gasteiger partial charge is 0.301 e. The molecule has 10 heavy (non-hydrogen) atoms. The normalized spacial score (nSPS) is 41.1. The fourth-order valence-corrected chi connectivity index (χ4v) is 3.71. The third-order valence-electron chi connectivity index (χ3n) is 1.53. The monoisotopic (exact) mass is 178 g/mol. The van der Waals surface area contributed by atoms with E-state index in [2.05, 4.69) is 0 Å². The third-order valence-corrected chi connectivity index (χ3v) is 5.26. The SMILES string of the molecule is C[C@@]1(C=O)SCCCS1=O. The van der Waals surface area contributed by atoms with Gasteiger partial charge in [-0.1, -0.05) is 0 Å². The van der Waals surface area contributed by atoms with E-state index >= 15 is 0 Å². The van der Waals surface area contributed by atoms with Gasteiger partial charge in [-0.2, -0.15) is 0 Å². The van der Waals surface area contributed by atoms with Crippen molar-refractivity contribution < 1.29 is 9.00 Å². The van der Waals surface area contributed by atoms with E-state index in [1.807, 2.05) is 0 Å². The molecular weight excluding hydrogens is 168 g/mol. The van der Waals surface area contributed by atoms with Gasteiger partial charge in [-0.3, -0.25) is 4.21 Å². The number of hydrogen-bond donors (Lipinski definition) is 0. The van der Waals surface area contributed by atoms with Crippen molar-refractivity contribution in [2.24, 2.45) is 0 Å². The van der Waals surface area contributed by atoms with Crippen molar-refractivity contribution in [2.45, 2.75) is 17.4 Å². The van der Waals surface area contributed by atoms with E-state index in [1.165, 1.54) is 11.8 Å². The van der Waals surface area contributed by atoms with Gasteiger partial charge in [-0.25, -0.2) is 0 Å². The second-order valence-electron chi connectivity index (χ2n) is 2.39. The van der Waals surface area contributed by atoms with Gasteiger partial charge in [0, 0.05) is 16.6 Å². The van der Waals surface area contributed by atoms with E-state index < -0.39 is 14.9 Å². The lowest BCUT2D eigenvalue weighted by atomic mass is 10.5. The minimum atomic E-state index is -0.949. The molecule has 0 amide bonds. The maximum absolute atomic E-state index is 11.2. The Bertz CT molecular complexity index is 169. The van der Waals surface area contributed by atoms with Crippen molar-refractivity contribution in [3.8, 4) is 0 Å². The maximum Gasteiger partial charge on any atom is 0.148 e. The summed E-state index contributed by atoms with van der Waals surface area (Å²) in [6, 6.07) is 0. The van der Waals surface area contributed by atoms with Crippen LogP contribution in [0.2, 0.25) is 0 Å². The van der Waals surface area contributed by atoms with Gasteiger partial charge in [0.25, 0.3) is 0 Å². The summed E-state index contributed by atoms with van der Waals surface area (Å²) in [6.07, 6.45) is 1.79. The summed E-state index contributed by atoms with van der Waals surface area (Å²) in [5, 5.41) is 0. The van der Waals surface area contributed by atoms with E-state index in [1.54, 1.807) is 6.92 Å². The summed E-state index contributed by atoms with van der Waals surface area (Å²) in [4.78, 5) is 10.5. The van der Waals surface area contributed by atoms with Crippen molar-refractivity contribution in [1.82, 2.24) is 0 Å². The first-order valence-corrected chi connectivity index (χ1v) is 5.48. The lowest BCUT2D eigenvalue weighted by molar-refractivity contribution is -0.107. The number of aldehydes is 1. The zero-order valence-electron chi connectivity index (χ0n) is 5.83. The van der Waals surface area contributed by atoms with Crippen molar-refractivity contribution in [2.75, 3.05) is 11.5 Å². The molecule has 4 heteroatoms. The Balaban J connectivity index is 2.72. The first-order valence-electron chi connectivity index (χ1n) is 3.18. The van der Waals surface area contributed by atoms with Gasteiger partial charge in [0.15, 0.2) is 0 Å². The number of rotatable bonds is 1. The second-order valence-corrected chi connectivity index (χ2v) is 6.14. The molecule has 1 unspecified atom stereocenters. The zero-order valence-corrected chi connectivity index (χ0v) is 7.46. The van der Waals surface area contributed by atoms with E-state index in [-0.39, 0.29) is 0 Å². The molecule has 0 bridgehead atoms. The molecule has 1 heterocycles. The smallest absolute Gasteiger partial charge is 0.148 e. The van der Waals surface area contributed by atoms with Crippen LogP contribution in [0.4, 0.5) is 0 Å². The number of thioether (sulfide) groups is 1. The molecule has 2 nitrogen and oxygen atoms in total. The fourth-order valence-electron chi connectivity index (χ4n) is 0.821. The molecule has 0 spiro atoms. The first-order chi connectivity index (χ1) is 4.69. The minimum Gasteiger partial charge on any atom is -0.301 e. The molecule has 2 atom stereocenters. The van der Waals surface area contributed by atoms with Crippen LogP contribution in [0.3, 0.4) is 0 Å². The maximum atomic E-state index is 11.2. The van der Waals surface area contributed by atoms with E-state index in [0.29, 0.717) is 5.75 Å². The van der Waals surface area contributed by atoms with Gasteiger partial charge in [0.05, 0.1) is 0 Å². The van der Waals surface area contributed by atoms with Crippen LogP contribution in [0.25, 0.3) is 0 Å². The molecule has 1 rings (SSSR count). The van der Waals surface area contributed by atoms with Crippen molar-refractivity contribution in [3.05, 3.63) is 0 Å². The number of carbonyl (C=O) groups is 1. The minimum absolute atomic E-state index is 0.613. The van der Waals surface area contributed by atoms with Crippen molar-refractivity contribution >= 4 is 28.8 Å². The van der Waals surface area contributed by atoms with Crippen LogP contribution >= 0.6 is 11.8 Å². The number of hydrogen-bond acceptors (Lipinski definition) is 3. The van der Waals surface area contributed by atoms with Gasteiger partial charge in [-0.05, 0) is 19.1 Å². The molecule has 0 aliphatic carbocycles. The Kier molecular flexibility index (Phi) is 2.52. The Morgan fingerprint density at radius 1 is 1.70 bits per heavy atom. The molecule has 0 aromatic heterocycles. The summed E-state index contributed by atoms with van der Waals surface area (Å²) in [7, 11) is -0.949. The summed E-state index contributed by atoms with van der Waals surface area (Å²) in [5.41, 5.74) is 0. The predicted molar refractivity (Wildman–Crippen MR) is 44.6 cm³/mol. The molecule has 0 aromatic carbocycles. The number of carbonyl (C=O) groups excluding carboxylic acids is 1. The highest BCUT2D eigenvalue weighted by molar-refractivity contribution is 8.14. The summed E-state index contributed by atoms with van der Waals surface area (Å²) in [6.45, 7) is 1.75. The van der Waals surface area contributed by atoms with Crippen LogP contribution in [0.1, 0.15) is 13.3 Å². The first kappa shape index (κ1) is 8.27. The average Bonchev–Trinajstić information content (AvgIpc) is 1.96. The van der Waals surface area contributed by atoms with Crippen LogP contribution in [-0.4, -0.2) is 26.1 Å². The average molecular weight is 178 g/mol. The molecule has 58 valence electrons. The lowest BCUT2D eigenvalue weighted by Crippen LogP contribution is -2.34. The highest BCUT2D eigenvalue weighted by atomic mass is 32.2. The third kappa shape index (κ3) is 1.42. The molecule has 0 saturated carbocycles. The molecule has 1 saturated heterocycles.